The number of para-hydroxylation sites is 1. The van der Waals surface area contributed by atoms with E-state index in [1.165, 1.54) is 6.07 Å². The van der Waals surface area contributed by atoms with E-state index in [0.717, 1.165) is 18.7 Å². The number of aromatic nitrogens is 3. The first-order valence-corrected chi connectivity index (χ1v) is 11.7. The summed E-state index contributed by atoms with van der Waals surface area (Å²) >= 11 is 0. The maximum absolute atomic E-state index is 14.3. The van der Waals surface area contributed by atoms with Gasteiger partial charge in [-0.2, -0.15) is 15.0 Å². The van der Waals surface area contributed by atoms with Gasteiger partial charge in [0.1, 0.15) is 5.82 Å². The maximum atomic E-state index is 14.3. The van der Waals surface area contributed by atoms with Crippen molar-refractivity contribution in [2.24, 2.45) is 0 Å². The number of hydrogen-bond acceptors (Lipinski definition) is 9. The van der Waals surface area contributed by atoms with Crippen molar-refractivity contribution >= 4 is 17.6 Å². The summed E-state index contributed by atoms with van der Waals surface area (Å²) in [7, 11) is 3.21. The molecule has 3 heterocycles. The number of halogens is 1. The van der Waals surface area contributed by atoms with E-state index in [2.05, 4.69) is 14.7 Å². The van der Waals surface area contributed by atoms with Crippen LogP contribution in [0.15, 0.2) is 42.5 Å². The van der Waals surface area contributed by atoms with Crippen LogP contribution in [0.3, 0.4) is 0 Å². The van der Waals surface area contributed by atoms with Gasteiger partial charge in [-0.05, 0) is 30.3 Å². The topological polar surface area (TPSA) is 76.1 Å². The van der Waals surface area contributed by atoms with Crippen LogP contribution in [0.1, 0.15) is 0 Å². The number of rotatable bonds is 6. The molecule has 2 aliphatic heterocycles. The van der Waals surface area contributed by atoms with Crippen LogP contribution in [0, 0.1) is 5.82 Å². The average molecular weight is 481 g/mol. The average Bonchev–Trinajstić information content (AvgIpc) is 2.93. The third kappa shape index (κ3) is 4.93. The number of ether oxygens (including phenoxy) is 3. The number of nitrogens with zero attached hydrogens (tertiary/aromatic N) is 6. The number of anilines is 3. The molecule has 184 valence electrons. The lowest BCUT2D eigenvalue weighted by atomic mass is 10.2. The summed E-state index contributed by atoms with van der Waals surface area (Å²) in [6, 6.07) is 12.5. The molecule has 10 heteroatoms. The third-order valence-corrected chi connectivity index (χ3v) is 6.30. The van der Waals surface area contributed by atoms with Crippen LogP contribution in [0.5, 0.6) is 11.5 Å². The first-order valence-electron chi connectivity index (χ1n) is 11.7. The van der Waals surface area contributed by atoms with Crippen molar-refractivity contribution in [3.8, 4) is 22.9 Å². The van der Waals surface area contributed by atoms with Crippen molar-refractivity contribution in [3.05, 3.63) is 48.3 Å². The third-order valence-electron chi connectivity index (χ3n) is 6.30. The minimum atomic E-state index is -0.202. The van der Waals surface area contributed by atoms with E-state index < -0.39 is 0 Å². The van der Waals surface area contributed by atoms with Gasteiger partial charge in [-0.1, -0.05) is 12.1 Å². The largest absolute Gasteiger partial charge is 0.493 e. The Hall–Kier alpha value is -3.66. The Morgan fingerprint density at radius 1 is 0.743 bits per heavy atom. The lowest BCUT2D eigenvalue weighted by Gasteiger charge is -2.36. The number of morpholine rings is 1. The molecule has 2 fully saturated rings. The van der Waals surface area contributed by atoms with E-state index in [4.69, 9.17) is 29.2 Å². The molecular formula is C25H29FN6O3. The fraction of sp³-hybridized carbons (Fsp3) is 0.400. The molecule has 0 atom stereocenters. The molecule has 0 amide bonds. The Morgan fingerprint density at radius 2 is 1.37 bits per heavy atom. The summed E-state index contributed by atoms with van der Waals surface area (Å²) in [6.07, 6.45) is 0. The highest BCUT2D eigenvalue weighted by Crippen LogP contribution is 2.32. The van der Waals surface area contributed by atoms with Gasteiger partial charge in [-0.15, -0.1) is 0 Å². The molecular weight excluding hydrogens is 451 g/mol. The number of methoxy groups -OCH3 is 2. The molecule has 0 aliphatic carbocycles. The Balaban J connectivity index is 1.45. The van der Waals surface area contributed by atoms with Gasteiger partial charge in [0.15, 0.2) is 17.3 Å². The van der Waals surface area contributed by atoms with Gasteiger partial charge >= 0.3 is 0 Å². The Labute approximate surface area is 204 Å². The standard InChI is InChI=1S/C25H29FN6O3/c1-33-21-8-7-18(17-22(21)34-2)23-27-24(29-25(28-23)32-13-15-35-16-14-32)31-11-9-30(10-12-31)20-6-4-3-5-19(20)26/h3-8,17H,9-16H2,1-2H3. The molecule has 3 aromatic rings. The van der Waals surface area contributed by atoms with E-state index in [1.54, 1.807) is 20.3 Å². The predicted molar refractivity (Wildman–Crippen MR) is 132 cm³/mol. The predicted octanol–water partition coefficient (Wildman–Crippen LogP) is 2.86. The second kappa shape index (κ2) is 10.3. The molecule has 0 unspecified atom stereocenters. The molecule has 5 rings (SSSR count). The summed E-state index contributed by atoms with van der Waals surface area (Å²) in [5.74, 6) is 2.85. The highest BCUT2D eigenvalue weighted by Gasteiger charge is 2.24. The number of benzene rings is 2. The zero-order chi connectivity index (χ0) is 24.2. The van der Waals surface area contributed by atoms with E-state index >= 15 is 0 Å². The van der Waals surface area contributed by atoms with E-state index in [1.807, 2.05) is 30.3 Å². The lowest BCUT2D eigenvalue weighted by molar-refractivity contribution is 0.122. The molecule has 2 aliphatic rings. The molecule has 0 N–H and O–H groups in total. The van der Waals surface area contributed by atoms with Gasteiger partial charge in [0.05, 0.1) is 33.1 Å². The normalized spacial score (nSPS) is 16.4. The Kier molecular flexibility index (Phi) is 6.80. The van der Waals surface area contributed by atoms with Gasteiger partial charge in [-0.25, -0.2) is 4.39 Å². The van der Waals surface area contributed by atoms with Crippen LogP contribution in [0.25, 0.3) is 11.4 Å². The molecule has 2 saturated heterocycles. The molecule has 0 spiro atoms. The fourth-order valence-electron chi connectivity index (χ4n) is 4.36. The molecule has 2 aromatic carbocycles. The zero-order valence-electron chi connectivity index (χ0n) is 20.0. The van der Waals surface area contributed by atoms with Crippen LogP contribution in [0.2, 0.25) is 0 Å². The Bertz CT molecular complexity index is 1170. The highest BCUT2D eigenvalue weighted by molar-refractivity contribution is 5.63. The molecule has 35 heavy (non-hydrogen) atoms. The van der Waals surface area contributed by atoms with Crippen molar-refractivity contribution in [2.45, 2.75) is 0 Å². The fourth-order valence-corrected chi connectivity index (χ4v) is 4.36. The van der Waals surface area contributed by atoms with Crippen LogP contribution in [0.4, 0.5) is 22.0 Å². The van der Waals surface area contributed by atoms with Gasteiger partial charge in [-0.3, -0.25) is 0 Å². The minimum Gasteiger partial charge on any atom is -0.493 e. The first-order chi connectivity index (χ1) is 17.2. The lowest BCUT2D eigenvalue weighted by Crippen LogP contribution is -2.47. The second-order valence-electron chi connectivity index (χ2n) is 8.35. The summed E-state index contributed by atoms with van der Waals surface area (Å²) in [5.41, 5.74) is 1.44. The second-order valence-corrected chi connectivity index (χ2v) is 8.35. The highest BCUT2D eigenvalue weighted by atomic mass is 19.1. The van der Waals surface area contributed by atoms with Crippen molar-refractivity contribution in [1.29, 1.82) is 0 Å². The molecule has 9 nitrogen and oxygen atoms in total. The summed E-state index contributed by atoms with van der Waals surface area (Å²) in [6.45, 7) is 5.39. The SMILES string of the molecule is COc1ccc(-c2nc(N3CCOCC3)nc(N3CCN(c4ccccc4F)CC3)n2)cc1OC. The molecule has 0 saturated carbocycles. The number of hydrogen-bond donors (Lipinski definition) is 0. The van der Waals surface area contributed by atoms with Crippen LogP contribution in [-0.4, -0.2) is 81.7 Å². The van der Waals surface area contributed by atoms with Crippen molar-refractivity contribution in [1.82, 2.24) is 15.0 Å². The maximum Gasteiger partial charge on any atom is 0.230 e. The summed E-state index contributed by atoms with van der Waals surface area (Å²) in [5, 5.41) is 0. The van der Waals surface area contributed by atoms with Gasteiger partial charge < -0.3 is 28.9 Å². The van der Waals surface area contributed by atoms with E-state index in [0.29, 0.717) is 74.3 Å². The smallest absolute Gasteiger partial charge is 0.230 e. The summed E-state index contributed by atoms with van der Waals surface area (Å²) in [4.78, 5) is 20.8. The molecule has 0 radical (unpaired) electrons. The van der Waals surface area contributed by atoms with Crippen molar-refractivity contribution < 1.29 is 18.6 Å². The van der Waals surface area contributed by atoms with E-state index in [-0.39, 0.29) is 5.82 Å². The zero-order valence-corrected chi connectivity index (χ0v) is 20.0. The van der Waals surface area contributed by atoms with Gasteiger partial charge in [0.25, 0.3) is 0 Å². The quantitative estimate of drug-likeness (QED) is 0.529. The number of piperazine rings is 1. The van der Waals surface area contributed by atoms with Crippen LogP contribution >= 0.6 is 0 Å². The van der Waals surface area contributed by atoms with Gasteiger partial charge in [0, 0.05) is 44.8 Å². The Morgan fingerprint density at radius 3 is 2.03 bits per heavy atom. The summed E-state index contributed by atoms with van der Waals surface area (Å²) < 4.78 is 30.7. The minimum absolute atomic E-state index is 0.202. The van der Waals surface area contributed by atoms with Crippen molar-refractivity contribution in [3.63, 3.8) is 0 Å². The molecule has 0 bridgehead atoms. The van der Waals surface area contributed by atoms with Crippen LogP contribution in [-0.2, 0) is 4.74 Å². The van der Waals surface area contributed by atoms with Gasteiger partial charge in [0.2, 0.25) is 11.9 Å². The molecule has 1 aromatic heterocycles. The first kappa shape index (κ1) is 23.1. The van der Waals surface area contributed by atoms with Crippen molar-refractivity contribution in [2.75, 3.05) is 81.4 Å². The van der Waals surface area contributed by atoms with E-state index in [9.17, 15) is 4.39 Å². The monoisotopic (exact) mass is 480 g/mol. The van der Waals surface area contributed by atoms with Crippen LogP contribution < -0.4 is 24.2 Å².